The Bertz CT molecular complexity index is 759. The molecule has 0 saturated heterocycles. The first-order chi connectivity index (χ1) is 10.3. The number of hydrogen-bond acceptors (Lipinski definition) is 2. The maximum atomic E-state index is 12.2. The van der Waals surface area contributed by atoms with Gasteiger partial charge in [-0.15, -0.1) is 0 Å². The fourth-order valence-electron chi connectivity index (χ4n) is 2.62. The molecule has 0 aliphatic carbocycles. The van der Waals surface area contributed by atoms with Crippen molar-refractivity contribution in [2.75, 3.05) is 0 Å². The minimum Gasteiger partial charge on any atom is -0.294 e. The van der Waals surface area contributed by atoms with Crippen LogP contribution >= 0.6 is 0 Å². The first-order valence-electron chi connectivity index (χ1n) is 7.32. The van der Waals surface area contributed by atoms with Crippen LogP contribution < -0.4 is 0 Å². The number of aryl methyl sites for hydroxylation is 2. The Kier molecular flexibility index (Phi) is 3.82. The second-order valence-electron chi connectivity index (χ2n) is 5.07. The quantitative estimate of drug-likeness (QED) is 0.664. The van der Waals surface area contributed by atoms with Crippen LogP contribution in [0.25, 0.3) is 10.9 Å². The zero-order chi connectivity index (χ0) is 14.7. The second kappa shape index (κ2) is 5.92. The molecule has 106 valence electrons. The van der Waals surface area contributed by atoms with Crippen molar-refractivity contribution in [1.29, 1.82) is 0 Å². The molecule has 0 radical (unpaired) electrons. The number of nitrogens with zero attached hydrogens (tertiary/aromatic N) is 2. The van der Waals surface area contributed by atoms with Gasteiger partial charge in [-0.1, -0.05) is 48.5 Å². The highest BCUT2D eigenvalue weighted by Crippen LogP contribution is 2.20. The van der Waals surface area contributed by atoms with Gasteiger partial charge < -0.3 is 0 Å². The first kappa shape index (κ1) is 13.6. The van der Waals surface area contributed by atoms with Gasteiger partial charge in [0.05, 0.1) is 11.2 Å². The lowest BCUT2D eigenvalue weighted by molar-refractivity contribution is 0.0982. The molecule has 3 rings (SSSR count). The third kappa shape index (κ3) is 2.72. The van der Waals surface area contributed by atoms with Crippen molar-refractivity contribution in [3.8, 4) is 0 Å². The summed E-state index contributed by atoms with van der Waals surface area (Å²) in [6.07, 6.45) is 1.18. The molecule has 0 fully saturated rings. The van der Waals surface area contributed by atoms with Gasteiger partial charge >= 0.3 is 0 Å². The molecule has 2 aromatic carbocycles. The van der Waals surface area contributed by atoms with Crippen molar-refractivity contribution in [2.24, 2.45) is 0 Å². The number of hydrogen-bond donors (Lipinski definition) is 0. The molecule has 1 heterocycles. The molecule has 0 aliphatic heterocycles. The highest BCUT2D eigenvalue weighted by atomic mass is 16.1. The van der Waals surface area contributed by atoms with Gasteiger partial charge in [-0.05, 0) is 19.4 Å². The molecule has 3 aromatic rings. The Labute approximate surface area is 124 Å². The van der Waals surface area contributed by atoms with E-state index in [1.165, 1.54) is 0 Å². The summed E-state index contributed by atoms with van der Waals surface area (Å²) in [6.45, 7) is 2.92. The number of fused-ring (bicyclic) bond motifs is 1. The minimum absolute atomic E-state index is 0.172. The molecule has 3 heteroatoms. The summed E-state index contributed by atoms with van der Waals surface area (Å²) in [4.78, 5) is 12.2. The van der Waals surface area contributed by atoms with E-state index in [1.807, 2.05) is 47.1 Å². The molecule has 1 aromatic heterocycles. The molecule has 0 spiro atoms. The molecule has 0 unspecified atom stereocenters. The summed E-state index contributed by atoms with van der Waals surface area (Å²) in [5.41, 5.74) is 2.93. The maximum Gasteiger partial charge on any atom is 0.163 e. The van der Waals surface area contributed by atoms with Crippen LogP contribution in [0.4, 0.5) is 0 Å². The van der Waals surface area contributed by atoms with Crippen LogP contribution in [0.2, 0.25) is 0 Å². The number of para-hydroxylation sites is 1. The molecular weight excluding hydrogens is 260 g/mol. The molecule has 3 nitrogen and oxygen atoms in total. The van der Waals surface area contributed by atoms with Crippen LogP contribution in [0.1, 0.15) is 29.4 Å². The molecule has 0 saturated carbocycles. The van der Waals surface area contributed by atoms with E-state index in [0.29, 0.717) is 12.8 Å². The van der Waals surface area contributed by atoms with E-state index in [4.69, 9.17) is 0 Å². The minimum atomic E-state index is 0.172. The number of Topliss-reactive ketones (excluding diaryl/α,β-unsaturated/α-hetero) is 1. The van der Waals surface area contributed by atoms with Gasteiger partial charge in [-0.2, -0.15) is 5.10 Å². The van der Waals surface area contributed by atoms with Gasteiger partial charge in [0.1, 0.15) is 0 Å². The van der Waals surface area contributed by atoms with Gasteiger partial charge in [0, 0.05) is 23.9 Å². The summed E-state index contributed by atoms with van der Waals surface area (Å²) in [7, 11) is 0. The summed E-state index contributed by atoms with van der Waals surface area (Å²) in [5.74, 6) is 0.172. The monoisotopic (exact) mass is 278 g/mol. The van der Waals surface area contributed by atoms with E-state index in [1.54, 1.807) is 0 Å². The van der Waals surface area contributed by atoms with E-state index in [2.05, 4.69) is 24.2 Å². The SMILES string of the molecule is CCn1nc(CCC(=O)c2ccccc2)c2ccccc21. The Hall–Kier alpha value is -2.42. The van der Waals surface area contributed by atoms with Crippen molar-refractivity contribution in [1.82, 2.24) is 9.78 Å². The van der Waals surface area contributed by atoms with Crippen LogP contribution in [-0.2, 0) is 13.0 Å². The van der Waals surface area contributed by atoms with Crippen molar-refractivity contribution in [2.45, 2.75) is 26.3 Å². The lowest BCUT2D eigenvalue weighted by Crippen LogP contribution is -2.02. The Morgan fingerprint density at radius 2 is 1.76 bits per heavy atom. The summed E-state index contributed by atoms with van der Waals surface area (Å²) >= 11 is 0. The van der Waals surface area contributed by atoms with Crippen molar-refractivity contribution in [3.63, 3.8) is 0 Å². The molecule has 0 amide bonds. The molecule has 0 N–H and O–H groups in total. The second-order valence-corrected chi connectivity index (χ2v) is 5.07. The van der Waals surface area contributed by atoms with Crippen LogP contribution in [0, 0.1) is 0 Å². The summed E-state index contributed by atoms with van der Waals surface area (Å²) < 4.78 is 2.00. The fraction of sp³-hybridized carbons (Fsp3) is 0.222. The summed E-state index contributed by atoms with van der Waals surface area (Å²) in [6, 6.07) is 17.7. The number of rotatable bonds is 5. The third-order valence-electron chi connectivity index (χ3n) is 3.72. The Morgan fingerprint density at radius 3 is 2.52 bits per heavy atom. The Morgan fingerprint density at radius 1 is 1.05 bits per heavy atom. The van der Waals surface area contributed by atoms with Gasteiger partial charge in [0.25, 0.3) is 0 Å². The lowest BCUT2D eigenvalue weighted by atomic mass is 10.0. The number of benzene rings is 2. The first-order valence-corrected chi connectivity index (χ1v) is 7.32. The van der Waals surface area contributed by atoms with Crippen molar-refractivity contribution < 1.29 is 4.79 Å². The average Bonchev–Trinajstić information content (AvgIpc) is 2.91. The van der Waals surface area contributed by atoms with Gasteiger partial charge in [0.15, 0.2) is 5.78 Å². The van der Waals surface area contributed by atoms with Crippen molar-refractivity contribution in [3.05, 3.63) is 65.9 Å². The fourth-order valence-corrected chi connectivity index (χ4v) is 2.62. The number of ketones is 1. The molecule has 21 heavy (non-hydrogen) atoms. The van der Waals surface area contributed by atoms with Gasteiger partial charge in [-0.25, -0.2) is 0 Å². The zero-order valence-electron chi connectivity index (χ0n) is 12.1. The van der Waals surface area contributed by atoms with E-state index in [0.717, 1.165) is 28.7 Å². The number of carbonyl (C=O) groups is 1. The molecular formula is C18H18N2O. The van der Waals surface area contributed by atoms with E-state index < -0.39 is 0 Å². The Balaban J connectivity index is 1.81. The zero-order valence-corrected chi connectivity index (χ0v) is 12.1. The highest BCUT2D eigenvalue weighted by Gasteiger charge is 2.11. The lowest BCUT2D eigenvalue weighted by Gasteiger charge is -1.99. The molecule has 0 atom stereocenters. The third-order valence-corrected chi connectivity index (χ3v) is 3.72. The molecule has 0 aliphatic rings. The summed E-state index contributed by atoms with van der Waals surface area (Å²) in [5, 5.41) is 5.79. The normalized spacial score (nSPS) is 10.9. The largest absolute Gasteiger partial charge is 0.294 e. The van der Waals surface area contributed by atoms with Crippen LogP contribution in [0.5, 0.6) is 0 Å². The van der Waals surface area contributed by atoms with E-state index >= 15 is 0 Å². The van der Waals surface area contributed by atoms with Gasteiger partial charge in [0.2, 0.25) is 0 Å². The smallest absolute Gasteiger partial charge is 0.163 e. The van der Waals surface area contributed by atoms with Crippen LogP contribution in [0.15, 0.2) is 54.6 Å². The molecule has 0 bridgehead atoms. The predicted molar refractivity (Wildman–Crippen MR) is 84.5 cm³/mol. The highest BCUT2D eigenvalue weighted by molar-refractivity contribution is 5.96. The van der Waals surface area contributed by atoms with E-state index in [9.17, 15) is 4.79 Å². The predicted octanol–water partition coefficient (Wildman–Crippen LogP) is 3.87. The number of carbonyl (C=O) groups excluding carboxylic acids is 1. The van der Waals surface area contributed by atoms with Crippen LogP contribution in [-0.4, -0.2) is 15.6 Å². The number of aromatic nitrogens is 2. The standard InChI is InChI=1S/C18H18N2O/c1-2-20-17-11-7-6-10-15(17)16(19-20)12-13-18(21)14-8-4-3-5-9-14/h3-11H,2,12-13H2,1H3. The van der Waals surface area contributed by atoms with Gasteiger partial charge in [-0.3, -0.25) is 9.48 Å². The van der Waals surface area contributed by atoms with Crippen LogP contribution in [0.3, 0.4) is 0 Å². The average molecular weight is 278 g/mol. The van der Waals surface area contributed by atoms with E-state index in [-0.39, 0.29) is 5.78 Å². The van der Waals surface area contributed by atoms with Crippen molar-refractivity contribution >= 4 is 16.7 Å². The topological polar surface area (TPSA) is 34.9 Å². The maximum absolute atomic E-state index is 12.2.